The van der Waals surface area contributed by atoms with Gasteiger partial charge in [0.1, 0.15) is 5.82 Å². The van der Waals surface area contributed by atoms with E-state index in [9.17, 15) is 4.79 Å². The van der Waals surface area contributed by atoms with Gasteiger partial charge in [-0.2, -0.15) is 0 Å². The van der Waals surface area contributed by atoms with E-state index in [1.165, 1.54) is 30.6 Å². The van der Waals surface area contributed by atoms with E-state index in [0.29, 0.717) is 17.6 Å². The fraction of sp³-hybridized carbons (Fsp3) is 0.588. The first-order valence-electron chi connectivity index (χ1n) is 8.63. The Morgan fingerprint density at radius 2 is 2.25 bits per heavy atom. The van der Waals surface area contributed by atoms with Crippen LogP contribution >= 0.6 is 11.3 Å². The number of carbonyl (C=O) groups is 1. The number of hydrogen-bond donors (Lipinski definition) is 1. The number of nitrogens with one attached hydrogen (secondary N) is 1. The molecule has 130 valence electrons. The van der Waals surface area contributed by atoms with Crippen LogP contribution in [0, 0.1) is 6.92 Å². The van der Waals surface area contributed by atoms with Gasteiger partial charge >= 0.3 is 0 Å². The summed E-state index contributed by atoms with van der Waals surface area (Å²) in [5.74, 6) is 1.12. The summed E-state index contributed by atoms with van der Waals surface area (Å²) >= 11 is 1.46. The number of likely N-dealkylation sites (tertiary alicyclic amines) is 1. The van der Waals surface area contributed by atoms with Gasteiger partial charge in [-0.3, -0.25) is 9.69 Å². The largest absolute Gasteiger partial charge is 0.335 e. The van der Waals surface area contributed by atoms with Gasteiger partial charge in [0.05, 0.1) is 0 Å². The Bertz CT molecular complexity index is 639. The lowest BCUT2D eigenvalue weighted by molar-refractivity contribution is -0.116. The summed E-state index contributed by atoms with van der Waals surface area (Å²) in [7, 11) is 0. The van der Waals surface area contributed by atoms with Crippen LogP contribution in [0.15, 0.2) is 24.0 Å². The lowest BCUT2D eigenvalue weighted by Crippen LogP contribution is -2.41. The van der Waals surface area contributed by atoms with Crippen LogP contribution in [0.4, 0.5) is 5.13 Å². The minimum Gasteiger partial charge on any atom is -0.335 e. The second-order valence-corrected chi connectivity index (χ2v) is 7.17. The van der Waals surface area contributed by atoms with Gasteiger partial charge in [0.15, 0.2) is 5.13 Å². The average molecular weight is 347 g/mol. The molecule has 24 heavy (non-hydrogen) atoms. The molecule has 0 saturated carbocycles. The zero-order valence-electron chi connectivity index (χ0n) is 14.1. The van der Waals surface area contributed by atoms with Crippen LogP contribution in [-0.4, -0.2) is 44.5 Å². The van der Waals surface area contributed by atoms with Crippen molar-refractivity contribution in [2.24, 2.45) is 0 Å². The predicted octanol–water partition coefficient (Wildman–Crippen LogP) is 2.92. The first kappa shape index (κ1) is 17.1. The number of nitrogens with zero attached hydrogens (tertiary/aromatic N) is 4. The second-order valence-electron chi connectivity index (χ2n) is 6.28. The van der Waals surface area contributed by atoms with Crippen LogP contribution in [-0.2, 0) is 11.3 Å². The monoisotopic (exact) mass is 347 g/mol. The molecule has 1 N–H and O–H groups in total. The maximum atomic E-state index is 12.1. The van der Waals surface area contributed by atoms with Crippen molar-refractivity contribution in [1.29, 1.82) is 0 Å². The van der Waals surface area contributed by atoms with E-state index in [0.717, 1.165) is 31.9 Å². The number of anilines is 1. The third-order valence-corrected chi connectivity index (χ3v) is 5.37. The van der Waals surface area contributed by atoms with Gasteiger partial charge in [-0.1, -0.05) is 6.42 Å². The highest BCUT2D eigenvalue weighted by Gasteiger charge is 2.22. The molecule has 7 heteroatoms. The van der Waals surface area contributed by atoms with Crippen molar-refractivity contribution in [1.82, 2.24) is 19.4 Å². The topological polar surface area (TPSA) is 63.1 Å². The summed E-state index contributed by atoms with van der Waals surface area (Å²) in [5.41, 5.74) is 0. The molecule has 0 spiro atoms. The summed E-state index contributed by atoms with van der Waals surface area (Å²) < 4.78 is 2.21. The molecular weight excluding hydrogens is 322 g/mol. The third kappa shape index (κ3) is 4.64. The van der Waals surface area contributed by atoms with E-state index in [2.05, 4.69) is 24.8 Å². The molecule has 2 aromatic rings. The van der Waals surface area contributed by atoms with Crippen LogP contribution in [0.3, 0.4) is 0 Å². The number of piperidine rings is 1. The number of thiazole rings is 1. The molecule has 6 nitrogen and oxygen atoms in total. The predicted molar refractivity (Wildman–Crippen MR) is 96.2 cm³/mol. The summed E-state index contributed by atoms with van der Waals surface area (Å²) in [6.07, 6.45) is 11.0. The minimum absolute atomic E-state index is 0.0553. The smallest absolute Gasteiger partial charge is 0.227 e. The molecule has 0 aromatic carbocycles. The number of hydrogen-bond acceptors (Lipinski definition) is 5. The van der Waals surface area contributed by atoms with Gasteiger partial charge in [0.25, 0.3) is 0 Å². The van der Waals surface area contributed by atoms with Crippen molar-refractivity contribution in [2.75, 3.05) is 18.4 Å². The zero-order chi connectivity index (χ0) is 16.8. The van der Waals surface area contributed by atoms with Gasteiger partial charge in [0, 0.05) is 49.5 Å². The molecular formula is C17H25N5OS. The van der Waals surface area contributed by atoms with E-state index >= 15 is 0 Å². The third-order valence-electron chi connectivity index (χ3n) is 4.68. The Hall–Kier alpha value is -1.73. The van der Waals surface area contributed by atoms with Crippen LogP contribution in [0.1, 0.15) is 37.9 Å². The van der Waals surface area contributed by atoms with Crippen molar-refractivity contribution < 1.29 is 4.79 Å². The molecule has 1 atom stereocenters. The van der Waals surface area contributed by atoms with E-state index < -0.39 is 0 Å². The first-order valence-corrected chi connectivity index (χ1v) is 9.51. The number of carbonyl (C=O) groups excluding carboxylic acids is 1. The molecule has 1 aliphatic rings. The fourth-order valence-corrected chi connectivity index (χ4v) is 3.87. The van der Waals surface area contributed by atoms with Crippen LogP contribution in [0.25, 0.3) is 0 Å². The van der Waals surface area contributed by atoms with Crippen molar-refractivity contribution in [2.45, 2.75) is 51.6 Å². The lowest BCUT2D eigenvalue weighted by Gasteiger charge is -2.35. The Balaban J connectivity index is 1.47. The summed E-state index contributed by atoms with van der Waals surface area (Å²) in [5, 5.41) is 5.42. The number of rotatable bonds is 7. The van der Waals surface area contributed by atoms with E-state index in [1.807, 2.05) is 24.7 Å². The quantitative estimate of drug-likeness (QED) is 0.836. The van der Waals surface area contributed by atoms with Crippen molar-refractivity contribution in [3.63, 3.8) is 0 Å². The fourth-order valence-electron chi connectivity index (χ4n) is 3.32. The Kier molecular flexibility index (Phi) is 5.98. The molecule has 1 fully saturated rings. The highest BCUT2D eigenvalue weighted by molar-refractivity contribution is 7.13. The first-order chi connectivity index (χ1) is 11.7. The Morgan fingerprint density at radius 3 is 3.00 bits per heavy atom. The van der Waals surface area contributed by atoms with Gasteiger partial charge < -0.3 is 9.88 Å². The summed E-state index contributed by atoms with van der Waals surface area (Å²) in [6.45, 7) is 4.96. The molecule has 3 rings (SSSR count). The molecule has 0 radical (unpaired) electrons. The van der Waals surface area contributed by atoms with Crippen LogP contribution in [0.5, 0.6) is 0 Å². The highest BCUT2D eigenvalue weighted by Crippen LogP contribution is 2.21. The molecule has 0 aliphatic carbocycles. The molecule has 3 heterocycles. The highest BCUT2D eigenvalue weighted by atomic mass is 32.1. The second kappa shape index (κ2) is 8.39. The van der Waals surface area contributed by atoms with Gasteiger partial charge in [0.2, 0.25) is 5.91 Å². The van der Waals surface area contributed by atoms with E-state index in [-0.39, 0.29) is 5.91 Å². The number of amides is 1. The number of imidazole rings is 1. The number of aromatic nitrogens is 3. The van der Waals surface area contributed by atoms with E-state index in [1.54, 1.807) is 6.20 Å². The Labute approximate surface area is 146 Å². The maximum Gasteiger partial charge on any atom is 0.227 e. The molecule has 1 saturated heterocycles. The van der Waals surface area contributed by atoms with Gasteiger partial charge in [-0.15, -0.1) is 11.3 Å². The molecule has 2 aromatic heterocycles. The van der Waals surface area contributed by atoms with E-state index in [4.69, 9.17) is 0 Å². The molecule has 0 unspecified atom stereocenters. The Morgan fingerprint density at radius 1 is 1.33 bits per heavy atom. The maximum absolute atomic E-state index is 12.1. The van der Waals surface area contributed by atoms with Crippen LogP contribution in [0.2, 0.25) is 0 Å². The van der Waals surface area contributed by atoms with Crippen molar-refractivity contribution in [3.8, 4) is 0 Å². The average Bonchev–Trinajstić information content (AvgIpc) is 3.23. The molecule has 1 aliphatic heterocycles. The zero-order valence-corrected chi connectivity index (χ0v) is 15.0. The van der Waals surface area contributed by atoms with Crippen molar-refractivity contribution in [3.05, 3.63) is 29.8 Å². The minimum atomic E-state index is 0.0553. The number of aryl methyl sites for hydroxylation is 2. The van der Waals surface area contributed by atoms with Gasteiger partial charge in [-0.05, 0) is 32.7 Å². The molecule has 0 bridgehead atoms. The summed E-state index contributed by atoms with van der Waals surface area (Å²) in [6, 6.07) is 0.563. The lowest BCUT2D eigenvalue weighted by atomic mass is 9.99. The van der Waals surface area contributed by atoms with Crippen molar-refractivity contribution >= 4 is 22.4 Å². The summed E-state index contributed by atoms with van der Waals surface area (Å²) in [4.78, 5) is 22.9. The van der Waals surface area contributed by atoms with Gasteiger partial charge in [-0.25, -0.2) is 9.97 Å². The molecule has 1 amide bonds. The standard InChI is InChI=1S/C17H25N5OS/c1-14-18-7-12-21(14)10-5-15-4-2-3-9-22(15)11-6-16(23)20-17-19-8-13-24-17/h7-8,12-13,15H,2-6,9-11H2,1H3,(H,19,20,23)/t15-/m0/s1. The normalized spacial score (nSPS) is 18.6. The SMILES string of the molecule is Cc1nccn1CC[C@@H]1CCCCN1CCC(=O)Nc1nccs1. The van der Waals surface area contributed by atoms with Crippen LogP contribution < -0.4 is 5.32 Å².